The van der Waals surface area contributed by atoms with Gasteiger partial charge in [-0.05, 0) is 32.3 Å². The molecule has 0 bridgehead atoms. The van der Waals surface area contributed by atoms with Crippen LogP contribution in [0.1, 0.15) is 88.7 Å². The monoisotopic (exact) mass is 421 g/mol. The molecule has 0 aliphatic carbocycles. The molecule has 1 aromatic rings. The SMILES string of the molecule is CCCCCOC(=O)CCCCCCCCC(=O)OCc1cccc(C)c1[N+](=O)[O-]. The van der Waals surface area contributed by atoms with Gasteiger partial charge in [0.1, 0.15) is 6.61 Å². The predicted molar refractivity (Wildman–Crippen MR) is 115 cm³/mol. The first-order chi connectivity index (χ1) is 14.5. The number of para-hydroxylation sites is 1. The molecule has 30 heavy (non-hydrogen) atoms. The van der Waals surface area contributed by atoms with Crippen molar-refractivity contribution in [2.45, 2.75) is 91.1 Å². The number of rotatable bonds is 16. The molecule has 0 atom stereocenters. The second-order valence-corrected chi connectivity index (χ2v) is 7.55. The maximum absolute atomic E-state index is 11.9. The van der Waals surface area contributed by atoms with Crippen molar-refractivity contribution in [1.29, 1.82) is 0 Å². The Kier molecular flexibility index (Phi) is 13.1. The highest BCUT2D eigenvalue weighted by Crippen LogP contribution is 2.23. The molecule has 0 unspecified atom stereocenters. The van der Waals surface area contributed by atoms with Crippen LogP contribution in [0.3, 0.4) is 0 Å². The molecule has 7 nitrogen and oxygen atoms in total. The summed E-state index contributed by atoms with van der Waals surface area (Å²) in [5, 5.41) is 11.2. The zero-order valence-corrected chi connectivity index (χ0v) is 18.3. The van der Waals surface area contributed by atoms with Crippen LogP contribution >= 0.6 is 0 Å². The van der Waals surface area contributed by atoms with Gasteiger partial charge in [0.25, 0.3) is 5.69 Å². The maximum atomic E-state index is 11.9. The largest absolute Gasteiger partial charge is 0.466 e. The molecule has 0 heterocycles. The van der Waals surface area contributed by atoms with Gasteiger partial charge in [-0.2, -0.15) is 0 Å². The molecule has 168 valence electrons. The van der Waals surface area contributed by atoms with Gasteiger partial charge in [0, 0.05) is 18.4 Å². The fourth-order valence-corrected chi connectivity index (χ4v) is 3.18. The van der Waals surface area contributed by atoms with Gasteiger partial charge < -0.3 is 9.47 Å². The van der Waals surface area contributed by atoms with Gasteiger partial charge in [0.15, 0.2) is 0 Å². The zero-order chi connectivity index (χ0) is 22.2. The van der Waals surface area contributed by atoms with Crippen LogP contribution in [0.5, 0.6) is 0 Å². The Morgan fingerprint density at radius 1 is 0.900 bits per heavy atom. The van der Waals surface area contributed by atoms with Crippen molar-refractivity contribution < 1.29 is 24.0 Å². The Hall–Kier alpha value is -2.44. The fourth-order valence-electron chi connectivity index (χ4n) is 3.18. The number of hydrogen-bond donors (Lipinski definition) is 0. The van der Waals surface area contributed by atoms with Crippen molar-refractivity contribution in [3.05, 3.63) is 39.4 Å². The Balaban J connectivity index is 2.06. The van der Waals surface area contributed by atoms with E-state index in [-0.39, 0.29) is 24.2 Å². The Bertz CT molecular complexity index is 674. The number of nitro benzene ring substituents is 1. The summed E-state index contributed by atoms with van der Waals surface area (Å²) in [5.41, 5.74) is 0.977. The normalized spacial score (nSPS) is 10.6. The highest BCUT2D eigenvalue weighted by molar-refractivity contribution is 5.69. The Morgan fingerprint density at radius 2 is 1.50 bits per heavy atom. The third-order valence-electron chi connectivity index (χ3n) is 4.92. The van der Waals surface area contributed by atoms with Crippen molar-refractivity contribution in [2.24, 2.45) is 0 Å². The minimum atomic E-state index is -0.440. The van der Waals surface area contributed by atoms with Gasteiger partial charge >= 0.3 is 11.9 Å². The topological polar surface area (TPSA) is 95.7 Å². The number of esters is 2. The summed E-state index contributed by atoms with van der Waals surface area (Å²) in [4.78, 5) is 34.1. The van der Waals surface area contributed by atoms with E-state index in [0.717, 1.165) is 57.8 Å². The van der Waals surface area contributed by atoms with Crippen LogP contribution in [0.25, 0.3) is 0 Å². The second-order valence-electron chi connectivity index (χ2n) is 7.55. The summed E-state index contributed by atoms with van der Waals surface area (Å²) in [6, 6.07) is 5.00. The highest BCUT2D eigenvalue weighted by atomic mass is 16.6. The van der Waals surface area contributed by atoms with Crippen LogP contribution in [0.15, 0.2) is 18.2 Å². The van der Waals surface area contributed by atoms with Crippen LogP contribution in [0.2, 0.25) is 0 Å². The average molecular weight is 422 g/mol. The molecule has 0 fully saturated rings. The van der Waals surface area contributed by atoms with E-state index in [1.807, 2.05) is 0 Å². The van der Waals surface area contributed by atoms with E-state index < -0.39 is 4.92 Å². The van der Waals surface area contributed by atoms with Crippen molar-refractivity contribution in [3.8, 4) is 0 Å². The van der Waals surface area contributed by atoms with Crippen LogP contribution in [0, 0.1) is 17.0 Å². The van der Waals surface area contributed by atoms with Crippen molar-refractivity contribution in [3.63, 3.8) is 0 Å². The van der Waals surface area contributed by atoms with Gasteiger partial charge in [0.05, 0.1) is 17.1 Å². The lowest BCUT2D eigenvalue weighted by atomic mass is 10.1. The van der Waals surface area contributed by atoms with Gasteiger partial charge in [-0.25, -0.2) is 0 Å². The van der Waals surface area contributed by atoms with Crippen LogP contribution in [-0.2, 0) is 25.7 Å². The van der Waals surface area contributed by atoms with E-state index in [4.69, 9.17) is 9.47 Å². The summed E-state index contributed by atoms with van der Waals surface area (Å²) in [6.07, 6.45) is 9.41. The first kappa shape index (κ1) is 25.6. The number of carbonyl (C=O) groups excluding carboxylic acids is 2. The standard InChI is InChI=1S/C23H35NO6/c1-3-4-11-17-29-21(25)15-9-7-5-6-8-10-16-22(26)30-18-20-14-12-13-19(2)23(20)24(27)28/h12-14H,3-11,15-18H2,1-2H3. The van der Waals surface area contributed by atoms with Crippen molar-refractivity contribution >= 4 is 17.6 Å². The molecule has 1 rings (SSSR count). The van der Waals surface area contributed by atoms with Crippen molar-refractivity contribution in [1.82, 2.24) is 0 Å². The first-order valence-corrected chi connectivity index (χ1v) is 11.0. The number of carbonyl (C=O) groups is 2. The van der Waals surface area contributed by atoms with E-state index in [9.17, 15) is 19.7 Å². The second kappa shape index (κ2) is 15.4. The van der Waals surface area contributed by atoms with E-state index >= 15 is 0 Å². The first-order valence-electron chi connectivity index (χ1n) is 11.0. The molecule has 0 spiro atoms. The minimum Gasteiger partial charge on any atom is -0.466 e. The number of aryl methyl sites for hydroxylation is 1. The van der Waals surface area contributed by atoms with Crippen LogP contribution in [0.4, 0.5) is 5.69 Å². The molecule has 0 saturated heterocycles. The Labute approximate surface area is 179 Å². The highest BCUT2D eigenvalue weighted by Gasteiger charge is 2.17. The Morgan fingerprint density at radius 3 is 2.10 bits per heavy atom. The molecule has 0 aliphatic heterocycles. The third-order valence-corrected chi connectivity index (χ3v) is 4.92. The van der Waals surface area contributed by atoms with Gasteiger partial charge in [-0.3, -0.25) is 19.7 Å². The summed E-state index contributed by atoms with van der Waals surface area (Å²) in [7, 11) is 0. The summed E-state index contributed by atoms with van der Waals surface area (Å²) in [5.74, 6) is -0.445. The number of hydrogen-bond acceptors (Lipinski definition) is 6. The molecule has 0 radical (unpaired) electrons. The van der Waals surface area contributed by atoms with E-state index in [1.165, 1.54) is 0 Å². The minimum absolute atomic E-state index is 0.00939. The van der Waals surface area contributed by atoms with E-state index in [0.29, 0.717) is 30.6 Å². The molecule has 0 amide bonds. The number of unbranched alkanes of at least 4 members (excludes halogenated alkanes) is 7. The van der Waals surface area contributed by atoms with Gasteiger partial charge in [0.2, 0.25) is 0 Å². The maximum Gasteiger partial charge on any atom is 0.306 e. The van der Waals surface area contributed by atoms with E-state index in [2.05, 4.69) is 6.92 Å². The third kappa shape index (κ3) is 10.9. The van der Waals surface area contributed by atoms with E-state index in [1.54, 1.807) is 25.1 Å². The smallest absolute Gasteiger partial charge is 0.306 e. The predicted octanol–water partition coefficient (Wildman–Crippen LogP) is 5.80. The number of ether oxygens (including phenoxy) is 2. The average Bonchev–Trinajstić information content (AvgIpc) is 2.71. The summed E-state index contributed by atoms with van der Waals surface area (Å²) < 4.78 is 10.4. The molecule has 0 aliphatic rings. The quantitative estimate of drug-likeness (QED) is 0.145. The molecule has 0 aromatic heterocycles. The zero-order valence-electron chi connectivity index (χ0n) is 18.3. The number of benzene rings is 1. The van der Waals surface area contributed by atoms with Crippen LogP contribution < -0.4 is 0 Å². The molecule has 0 saturated carbocycles. The van der Waals surface area contributed by atoms with Gasteiger partial charge in [-0.15, -0.1) is 0 Å². The lowest BCUT2D eigenvalue weighted by Gasteiger charge is -2.07. The molecular formula is C23H35NO6. The summed E-state index contributed by atoms with van der Waals surface area (Å²) in [6.45, 7) is 4.23. The number of nitro groups is 1. The fraction of sp³-hybridized carbons (Fsp3) is 0.652. The molecule has 1 aromatic carbocycles. The van der Waals surface area contributed by atoms with Gasteiger partial charge in [-0.1, -0.05) is 57.6 Å². The van der Waals surface area contributed by atoms with Crippen molar-refractivity contribution in [2.75, 3.05) is 6.61 Å². The number of nitrogens with zero attached hydrogens (tertiary/aromatic N) is 1. The molecule has 0 N–H and O–H groups in total. The summed E-state index contributed by atoms with van der Waals surface area (Å²) >= 11 is 0. The molecular weight excluding hydrogens is 386 g/mol. The lowest BCUT2D eigenvalue weighted by Crippen LogP contribution is -2.06. The van der Waals surface area contributed by atoms with Crippen LogP contribution in [-0.4, -0.2) is 23.5 Å². The molecule has 7 heteroatoms. The lowest BCUT2D eigenvalue weighted by molar-refractivity contribution is -0.386.